The van der Waals surface area contributed by atoms with E-state index in [2.05, 4.69) is 0 Å². The van der Waals surface area contributed by atoms with Gasteiger partial charge in [0, 0.05) is 31.4 Å². The van der Waals surface area contributed by atoms with Gasteiger partial charge in [-0.2, -0.15) is 0 Å². The first kappa shape index (κ1) is 20.8. The van der Waals surface area contributed by atoms with E-state index >= 15 is 0 Å². The number of aliphatic hydroxyl groups excluding tert-OH is 1. The highest BCUT2D eigenvalue weighted by Gasteiger charge is 2.31. The third-order valence-corrected chi connectivity index (χ3v) is 4.91. The van der Waals surface area contributed by atoms with Gasteiger partial charge in [-0.05, 0) is 43.5 Å². The number of anilines is 1. The second kappa shape index (κ2) is 9.90. The van der Waals surface area contributed by atoms with Crippen LogP contribution in [0.5, 0.6) is 0 Å². The maximum absolute atomic E-state index is 13.1. The number of nitrogens with zero attached hydrogens (tertiary/aromatic N) is 2. The molecule has 4 nitrogen and oxygen atoms in total. The number of halogens is 1. The molecule has 1 aromatic carbocycles. The molecule has 24 heavy (non-hydrogen) atoms. The van der Waals surface area contributed by atoms with Gasteiger partial charge in [0.1, 0.15) is 0 Å². The molecule has 1 atom stereocenters. The fraction of sp³-hybridized carbons (Fsp3) is 0.632. The first-order valence-electron chi connectivity index (χ1n) is 8.79. The fourth-order valence-electron chi connectivity index (χ4n) is 3.45. The van der Waals surface area contributed by atoms with E-state index in [0.717, 1.165) is 24.9 Å². The van der Waals surface area contributed by atoms with Crippen molar-refractivity contribution in [2.24, 2.45) is 0 Å². The first-order valence-corrected chi connectivity index (χ1v) is 8.79. The van der Waals surface area contributed by atoms with E-state index in [1.54, 1.807) is 0 Å². The molecule has 136 valence electrons. The monoisotopic (exact) mass is 354 g/mol. The van der Waals surface area contributed by atoms with Crippen LogP contribution in [-0.4, -0.2) is 48.7 Å². The van der Waals surface area contributed by atoms with Crippen molar-refractivity contribution >= 4 is 24.0 Å². The zero-order valence-electron chi connectivity index (χ0n) is 15.1. The molecule has 0 saturated heterocycles. The molecule has 1 aliphatic carbocycles. The zero-order chi connectivity index (χ0) is 16.8. The standard InChI is InChI=1S/C19H30N2O2.ClH/c1-4-16(14-22)21(18-8-6-5-7-9-18)19(23)15-10-12-17(13-11-15)20(2)3;/h10-13,16,18,22H,4-9,14H2,1-3H3;1H. The van der Waals surface area contributed by atoms with Crippen LogP contribution in [0.1, 0.15) is 55.8 Å². The molecule has 0 bridgehead atoms. The maximum Gasteiger partial charge on any atom is 0.254 e. The Morgan fingerprint density at radius 2 is 1.75 bits per heavy atom. The smallest absolute Gasteiger partial charge is 0.254 e. The topological polar surface area (TPSA) is 43.8 Å². The number of carbonyl (C=O) groups excluding carboxylic acids is 1. The van der Waals surface area contributed by atoms with Crippen LogP contribution in [0.4, 0.5) is 5.69 Å². The summed E-state index contributed by atoms with van der Waals surface area (Å²) in [5, 5.41) is 9.74. The van der Waals surface area contributed by atoms with Crippen LogP contribution in [0.15, 0.2) is 24.3 Å². The lowest BCUT2D eigenvalue weighted by atomic mass is 9.92. The number of amides is 1. The summed E-state index contributed by atoms with van der Waals surface area (Å²) in [6.07, 6.45) is 6.50. The van der Waals surface area contributed by atoms with E-state index in [1.165, 1.54) is 19.3 Å². The second-order valence-electron chi connectivity index (χ2n) is 6.69. The molecule has 5 heteroatoms. The molecule has 1 fully saturated rings. The summed E-state index contributed by atoms with van der Waals surface area (Å²) < 4.78 is 0. The average Bonchev–Trinajstić information content (AvgIpc) is 2.59. The quantitative estimate of drug-likeness (QED) is 0.846. The summed E-state index contributed by atoms with van der Waals surface area (Å²) in [4.78, 5) is 17.1. The molecule has 0 aliphatic heterocycles. The van der Waals surface area contributed by atoms with Gasteiger partial charge < -0.3 is 14.9 Å². The van der Waals surface area contributed by atoms with Crippen LogP contribution in [-0.2, 0) is 0 Å². The van der Waals surface area contributed by atoms with Gasteiger partial charge in [-0.25, -0.2) is 0 Å². The number of carbonyl (C=O) groups is 1. The normalized spacial score (nSPS) is 16.2. The van der Waals surface area contributed by atoms with Gasteiger partial charge in [0.25, 0.3) is 5.91 Å². The Balaban J connectivity index is 0.00000288. The molecule has 1 amide bonds. The van der Waals surface area contributed by atoms with Crippen molar-refractivity contribution in [2.45, 2.75) is 57.5 Å². The van der Waals surface area contributed by atoms with Gasteiger partial charge >= 0.3 is 0 Å². The van der Waals surface area contributed by atoms with Crippen LogP contribution < -0.4 is 4.90 Å². The van der Waals surface area contributed by atoms with Crippen molar-refractivity contribution in [3.63, 3.8) is 0 Å². The van der Waals surface area contributed by atoms with Gasteiger partial charge in [0.2, 0.25) is 0 Å². The average molecular weight is 355 g/mol. The van der Waals surface area contributed by atoms with Crippen molar-refractivity contribution in [3.05, 3.63) is 29.8 Å². The molecule has 0 spiro atoms. The Morgan fingerprint density at radius 3 is 2.21 bits per heavy atom. The number of hydrogen-bond acceptors (Lipinski definition) is 3. The summed E-state index contributed by atoms with van der Waals surface area (Å²) in [6.45, 7) is 2.08. The molecule has 0 radical (unpaired) electrons. The lowest BCUT2D eigenvalue weighted by Gasteiger charge is -2.39. The predicted octanol–water partition coefficient (Wildman–Crippen LogP) is 3.72. The van der Waals surface area contributed by atoms with Gasteiger partial charge in [-0.3, -0.25) is 4.79 Å². The predicted molar refractivity (Wildman–Crippen MR) is 102 cm³/mol. The molecule has 1 saturated carbocycles. The molecular formula is C19H31ClN2O2. The van der Waals surface area contributed by atoms with Gasteiger partial charge in [-0.15, -0.1) is 12.4 Å². The van der Waals surface area contributed by atoms with Gasteiger partial charge in [0.15, 0.2) is 0 Å². The van der Waals surface area contributed by atoms with E-state index in [4.69, 9.17) is 0 Å². The fourth-order valence-corrected chi connectivity index (χ4v) is 3.45. The first-order chi connectivity index (χ1) is 11.1. The summed E-state index contributed by atoms with van der Waals surface area (Å²) in [6, 6.07) is 7.94. The van der Waals surface area contributed by atoms with E-state index < -0.39 is 0 Å². The van der Waals surface area contributed by atoms with Crippen LogP contribution in [0.3, 0.4) is 0 Å². The van der Waals surface area contributed by atoms with Crippen molar-refractivity contribution in [1.29, 1.82) is 0 Å². The largest absolute Gasteiger partial charge is 0.394 e. The summed E-state index contributed by atoms with van der Waals surface area (Å²) in [7, 11) is 3.98. The van der Waals surface area contributed by atoms with Crippen molar-refractivity contribution in [3.8, 4) is 0 Å². The van der Waals surface area contributed by atoms with E-state index in [9.17, 15) is 9.90 Å². The van der Waals surface area contributed by atoms with Crippen molar-refractivity contribution < 1.29 is 9.90 Å². The second-order valence-corrected chi connectivity index (χ2v) is 6.69. The molecule has 1 aliphatic rings. The lowest BCUT2D eigenvalue weighted by molar-refractivity contribution is 0.0387. The molecule has 0 heterocycles. The highest BCUT2D eigenvalue weighted by Crippen LogP contribution is 2.27. The Bertz CT molecular complexity index is 495. The van der Waals surface area contributed by atoms with Crippen LogP contribution in [0, 0.1) is 0 Å². The van der Waals surface area contributed by atoms with Gasteiger partial charge in [-0.1, -0.05) is 26.2 Å². The molecule has 1 aromatic rings. The third kappa shape index (κ3) is 4.87. The van der Waals surface area contributed by atoms with Crippen LogP contribution in [0.25, 0.3) is 0 Å². The Morgan fingerprint density at radius 1 is 1.17 bits per heavy atom. The zero-order valence-corrected chi connectivity index (χ0v) is 15.9. The highest BCUT2D eigenvalue weighted by molar-refractivity contribution is 5.95. The Labute approximate surface area is 152 Å². The minimum absolute atomic E-state index is 0. The minimum Gasteiger partial charge on any atom is -0.394 e. The number of benzene rings is 1. The van der Waals surface area contributed by atoms with Crippen LogP contribution in [0.2, 0.25) is 0 Å². The maximum atomic E-state index is 13.1. The number of hydrogen-bond donors (Lipinski definition) is 1. The molecule has 2 rings (SSSR count). The van der Waals surface area contributed by atoms with Crippen molar-refractivity contribution in [1.82, 2.24) is 4.90 Å². The molecule has 1 unspecified atom stereocenters. The van der Waals surface area contributed by atoms with E-state index in [1.807, 2.05) is 55.1 Å². The molecule has 1 N–H and O–H groups in total. The minimum atomic E-state index is -0.0841. The summed E-state index contributed by atoms with van der Waals surface area (Å²) >= 11 is 0. The summed E-state index contributed by atoms with van der Waals surface area (Å²) in [5.41, 5.74) is 1.80. The lowest BCUT2D eigenvalue weighted by Crippen LogP contribution is -2.49. The molecular weight excluding hydrogens is 324 g/mol. The van der Waals surface area contributed by atoms with Crippen molar-refractivity contribution in [2.75, 3.05) is 25.6 Å². The third-order valence-electron chi connectivity index (χ3n) is 4.91. The van der Waals surface area contributed by atoms with E-state index in [0.29, 0.717) is 5.56 Å². The highest BCUT2D eigenvalue weighted by atomic mass is 35.5. The number of aliphatic hydroxyl groups is 1. The number of rotatable bonds is 6. The molecule has 0 aromatic heterocycles. The Kier molecular flexibility index (Phi) is 8.57. The Hall–Kier alpha value is -1.26. The SMILES string of the molecule is CCC(CO)N(C(=O)c1ccc(N(C)C)cc1)C1CCCCC1.Cl. The van der Waals surface area contributed by atoms with Crippen LogP contribution >= 0.6 is 12.4 Å². The van der Waals surface area contributed by atoms with Gasteiger partial charge in [0.05, 0.1) is 12.6 Å². The van der Waals surface area contributed by atoms with E-state index in [-0.39, 0.29) is 37.0 Å². The summed E-state index contributed by atoms with van der Waals surface area (Å²) in [5.74, 6) is 0.0584.